The van der Waals surface area contributed by atoms with Crippen LogP contribution in [0.5, 0.6) is 0 Å². The molecule has 1 N–H and O–H groups in total. The molecule has 0 saturated heterocycles. The molecule has 2 aromatic heterocycles. The van der Waals surface area contributed by atoms with Crippen LogP contribution in [0.25, 0.3) is 15.9 Å². The molecule has 164 valence electrons. The summed E-state index contributed by atoms with van der Waals surface area (Å²) in [7, 11) is 1.60. The highest BCUT2D eigenvalue weighted by molar-refractivity contribution is 7.99. The first-order valence-electron chi connectivity index (χ1n) is 10.5. The predicted molar refractivity (Wildman–Crippen MR) is 127 cm³/mol. The summed E-state index contributed by atoms with van der Waals surface area (Å²) < 4.78 is 6.68. The maximum atomic E-state index is 13.8. The molecule has 0 fully saturated rings. The molecule has 0 bridgehead atoms. The topological polar surface area (TPSA) is 73.2 Å². The number of carbonyl (C=O) groups excluding carboxylic acids is 1. The molecular formula is C23H27N3O3S2. The van der Waals surface area contributed by atoms with Crippen molar-refractivity contribution in [2.24, 2.45) is 0 Å². The molecule has 0 atom stereocenters. The van der Waals surface area contributed by atoms with Gasteiger partial charge in [0.15, 0.2) is 5.16 Å². The van der Waals surface area contributed by atoms with Gasteiger partial charge in [-0.2, -0.15) is 0 Å². The zero-order chi connectivity index (χ0) is 22.0. The largest absolute Gasteiger partial charge is 0.383 e. The second kappa shape index (κ2) is 9.54. The standard InChI is InChI=1S/C23H27N3O3S2/c1-14-8-9-17(15(2)12-14)26-22(28)20-16-6-4-5-7-18(16)31-21(20)25-23(26)30-13-19(27)24-10-11-29-3/h8-9,12H,4-7,10-11,13H2,1-3H3,(H,24,27). The van der Waals surface area contributed by atoms with Gasteiger partial charge in [0.05, 0.1) is 23.4 Å². The van der Waals surface area contributed by atoms with Gasteiger partial charge in [-0.25, -0.2) is 4.98 Å². The van der Waals surface area contributed by atoms with Gasteiger partial charge in [0.25, 0.3) is 5.56 Å². The number of nitrogens with zero attached hydrogens (tertiary/aromatic N) is 2. The number of rotatable bonds is 7. The molecule has 6 nitrogen and oxygen atoms in total. The number of ether oxygens (including phenoxy) is 1. The molecule has 4 rings (SSSR count). The Hall–Kier alpha value is -2.16. The smallest absolute Gasteiger partial charge is 0.267 e. The van der Waals surface area contributed by atoms with Crippen LogP contribution in [0.1, 0.15) is 34.4 Å². The maximum absolute atomic E-state index is 13.8. The van der Waals surface area contributed by atoms with Crippen molar-refractivity contribution < 1.29 is 9.53 Å². The first-order valence-corrected chi connectivity index (χ1v) is 12.3. The van der Waals surface area contributed by atoms with Crippen molar-refractivity contribution in [1.82, 2.24) is 14.9 Å². The Bertz CT molecular complexity index is 1180. The number of amides is 1. The van der Waals surface area contributed by atoms with E-state index in [9.17, 15) is 9.59 Å². The lowest BCUT2D eigenvalue weighted by molar-refractivity contribution is -0.118. The molecule has 1 aromatic carbocycles. The van der Waals surface area contributed by atoms with E-state index in [1.165, 1.54) is 22.2 Å². The van der Waals surface area contributed by atoms with Crippen molar-refractivity contribution in [3.63, 3.8) is 0 Å². The Kier molecular flexibility index (Phi) is 6.79. The maximum Gasteiger partial charge on any atom is 0.267 e. The van der Waals surface area contributed by atoms with Crippen LogP contribution in [0.15, 0.2) is 28.2 Å². The SMILES string of the molecule is COCCNC(=O)CSc1nc2sc3c(c2c(=O)n1-c1ccc(C)cc1C)CCCC3. The molecule has 0 aliphatic heterocycles. The average molecular weight is 458 g/mol. The van der Waals surface area contributed by atoms with E-state index in [0.717, 1.165) is 52.7 Å². The van der Waals surface area contributed by atoms with E-state index in [4.69, 9.17) is 9.72 Å². The van der Waals surface area contributed by atoms with E-state index in [-0.39, 0.29) is 17.2 Å². The van der Waals surface area contributed by atoms with E-state index in [2.05, 4.69) is 11.4 Å². The molecule has 0 radical (unpaired) electrons. The second-order valence-electron chi connectivity index (χ2n) is 7.85. The fraction of sp³-hybridized carbons (Fsp3) is 0.435. The number of fused-ring (bicyclic) bond motifs is 3. The first kappa shape index (κ1) is 22.0. The first-order chi connectivity index (χ1) is 15.0. The number of nitrogens with one attached hydrogen (secondary N) is 1. The Balaban J connectivity index is 1.79. The fourth-order valence-corrected chi connectivity index (χ4v) is 6.16. The molecule has 1 aliphatic rings. The van der Waals surface area contributed by atoms with Gasteiger partial charge in [-0.05, 0) is 56.7 Å². The highest BCUT2D eigenvalue weighted by Gasteiger charge is 2.23. The van der Waals surface area contributed by atoms with Crippen LogP contribution in [0, 0.1) is 13.8 Å². The van der Waals surface area contributed by atoms with E-state index in [0.29, 0.717) is 18.3 Å². The fourth-order valence-electron chi connectivity index (χ4n) is 4.03. The molecule has 0 saturated carbocycles. The summed E-state index contributed by atoms with van der Waals surface area (Å²) in [5, 5.41) is 4.14. The Morgan fingerprint density at radius 1 is 1.29 bits per heavy atom. The van der Waals surface area contributed by atoms with Crippen LogP contribution in [0.2, 0.25) is 0 Å². The summed E-state index contributed by atoms with van der Waals surface area (Å²) in [6.07, 6.45) is 4.23. The molecule has 1 aliphatic carbocycles. The number of aromatic nitrogens is 2. The zero-order valence-corrected chi connectivity index (χ0v) is 19.8. The summed E-state index contributed by atoms with van der Waals surface area (Å²) >= 11 is 2.94. The Labute approximate surface area is 190 Å². The minimum atomic E-state index is -0.103. The summed E-state index contributed by atoms with van der Waals surface area (Å²) in [5.41, 5.74) is 4.12. The summed E-state index contributed by atoms with van der Waals surface area (Å²) in [5.74, 6) is 0.0894. The van der Waals surface area contributed by atoms with E-state index >= 15 is 0 Å². The van der Waals surface area contributed by atoms with Crippen LogP contribution >= 0.6 is 23.1 Å². The van der Waals surface area contributed by atoms with Crippen molar-refractivity contribution in [1.29, 1.82) is 0 Å². The summed E-state index contributed by atoms with van der Waals surface area (Å²) in [6.45, 7) is 4.97. The van der Waals surface area contributed by atoms with Gasteiger partial charge in [-0.1, -0.05) is 29.5 Å². The van der Waals surface area contributed by atoms with Gasteiger partial charge in [-0.15, -0.1) is 11.3 Å². The van der Waals surface area contributed by atoms with Crippen LogP contribution < -0.4 is 10.9 Å². The highest BCUT2D eigenvalue weighted by atomic mass is 32.2. The van der Waals surface area contributed by atoms with Crippen LogP contribution in [0.4, 0.5) is 0 Å². The minimum absolute atomic E-state index is 0.0290. The quantitative estimate of drug-likeness (QED) is 0.332. The number of methoxy groups -OCH3 is 1. The summed E-state index contributed by atoms with van der Waals surface area (Å²) in [6, 6.07) is 6.05. The van der Waals surface area contributed by atoms with Crippen molar-refractivity contribution >= 4 is 39.2 Å². The lowest BCUT2D eigenvalue weighted by Gasteiger charge is -2.15. The monoisotopic (exact) mass is 457 g/mol. The Morgan fingerprint density at radius 3 is 2.87 bits per heavy atom. The van der Waals surface area contributed by atoms with Gasteiger partial charge in [-0.3, -0.25) is 14.2 Å². The van der Waals surface area contributed by atoms with Gasteiger partial charge in [0.1, 0.15) is 4.83 Å². The number of hydrogen-bond acceptors (Lipinski definition) is 6. The van der Waals surface area contributed by atoms with E-state index in [1.54, 1.807) is 23.0 Å². The van der Waals surface area contributed by atoms with Gasteiger partial charge < -0.3 is 10.1 Å². The molecule has 3 aromatic rings. The lowest BCUT2D eigenvalue weighted by atomic mass is 9.97. The molecule has 8 heteroatoms. The molecule has 2 heterocycles. The summed E-state index contributed by atoms with van der Waals surface area (Å²) in [4.78, 5) is 33.0. The third-order valence-electron chi connectivity index (χ3n) is 5.51. The van der Waals surface area contributed by atoms with Crippen molar-refractivity contribution in [2.75, 3.05) is 26.0 Å². The lowest BCUT2D eigenvalue weighted by Crippen LogP contribution is -2.29. The van der Waals surface area contributed by atoms with E-state index < -0.39 is 0 Å². The third kappa shape index (κ3) is 4.56. The van der Waals surface area contributed by atoms with Crippen LogP contribution in [-0.2, 0) is 22.4 Å². The molecule has 31 heavy (non-hydrogen) atoms. The van der Waals surface area contributed by atoms with Crippen molar-refractivity contribution in [3.05, 3.63) is 50.1 Å². The zero-order valence-electron chi connectivity index (χ0n) is 18.1. The van der Waals surface area contributed by atoms with Crippen molar-refractivity contribution in [3.8, 4) is 5.69 Å². The molecule has 0 spiro atoms. The highest BCUT2D eigenvalue weighted by Crippen LogP contribution is 2.35. The predicted octanol–water partition coefficient (Wildman–Crippen LogP) is 3.80. The number of aryl methyl sites for hydroxylation is 4. The van der Waals surface area contributed by atoms with Gasteiger partial charge in [0, 0.05) is 18.5 Å². The minimum Gasteiger partial charge on any atom is -0.383 e. The number of hydrogen-bond donors (Lipinski definition) is 1. The number of thiophene rings is 1. The van der Waals surface area contributed by atoms with Crippen LogP contribution in [0.3, 0.4) is 0 Å². The normalized spacial score (nSPS) is 13.4. The van der Waals surface area contributed by atoms with Gasteiger partial charge >= 0.3 is 0 Å². The van der Waals surface area contributed by atoms with Gasteiger partial charge in [0.2, 0.25) is 5.91 Å². The molecule has 1 amide bonds. The van der Waals surface area contributed by atoms with Crippen molar-refractivity contribution in [2.45, 2.75) is 44.7 Å². The van der Waals surface area contributed by atoms with E-state index in [1.807, 2.05) is 26.0 Å². The number of thioether (sulfide) groups is 1. The third-order valence-corrected chi connectivity index (χ3v) is 7.64. The second-order valence-corrected chi connectivity index (χ2v) is 9.87. The molecular weight excluding hydrogens is 430 g/mol. The average Bonchev–Trinajstić information content (AvgIpc) is 3.12. The Morgan fingerprint density at radius 2 is 2.10 bits per heavy atom. The van der Waals surface area contributed by atoms with Crippen LogP contribution in [-0.4, -0.2) is 41.5 Å². The number of benzene rings is 1. The molecule has 0 unspecified atom stereocenters. The number of carbonyl (C=O) groups is 1.